The van der Waals surface area contributed by atoms with Gasteiger partial charge in [-0.05, 0) is 18.1 Å². The molecule has 1 fully saturated rings. The Balaban J connectivity index is 1.76. The maximum atomic E-state index is 13.8. The summed E-state index contributed by atoms with van der Waals surface area (Å²) in [5.74, 6) is -0.517. The molecule has 5 N–H and O–H groups in total. The summed E-state index contributed by atoms with van der Waals surface area (Å²) in [7, 11) is -10.6. The van der Waals surface area contributed by atoms with Crippen LogP contribution in [-0.2, 0) is 35.7 Å². The van der Waals surface area contributed by atoms with Crippen molar-refractivity contribution in [1.82, 2.24) is 9.13 Å². The summed E-state index contributed by atoms with van der Waals surface area (Å²) in [6.45, 7) is -1.16. The second-order valence-electron chi connectivity index (χ2n) is 7.22. The van der Waals surface area contributed by atoms with Crippen LogP contribution in [0.15, 0.2) is 46.1 Å². The number of hydrogen-bond donors (Lipinski definition) is 5. The Morgan fingerprint density at radius 1 is 1.06 bits per heavy atom. The highest BCUT2D eigenvalue weighted by Gasteiger charge is 2.46. The quantitative estimate of drug-likeness (QED) is 0.256. The second-order valence-corrected chi connectivity index (χ2v) is 10.0. The molecule has 0 saturated carbocycles. The predicted molar refractivity (Wildman–Crippen MR) is 110 cm³/mol. The van der Waals surface area contributed by atoms with Crippen molar-refractivity contribution in [3.8, 4) is 0 Å². The predicted octanol–water partition coefficient (Wildman–Crippen LogP) is -0.763. The van der Waals surface area contributed by atoms with Gasteiger partial charge in [0.25, 0.3) is 5.56 Å². The minimum Gasteiger partial charge on any atom is -0.387 e. The molecule has 0 aliphatic carbocycles. The molecule has 1 aromatic carbocycles. The van der Waals surface area contributed by atoms with Gasteiger partial charge in [0.15, 0.2) is 6.23 Å². The number of benzene rings is 1. The molecule has 1 aliphatic heterocycles. The lowest BCUT2D eigenvalue weighted by Gasteiger charge is -2.19. The van der Waals surface area contributed by atoms with Crippen LogP contribution in [0.4, 0.5) is 4.39 Å². The first-order valence-corrected chi connectivity index (χ1v) is 12.6. The van der Waals surface area contributed by atoms with E-state index in [2.05, 4.69) is 8.83 Å². The van der Waals surface area contributed by atoms with Gasteiger partial charge in [-0.15, -0.1) is 0 Å². The number of phosphoric ester groups is 1. The van der Waals surface area contributed by atoms with E-state index < -0.39 is 63.9 Å². The van der Waals surface area contributed by atoms with Gasteiger partial charge >= 0.3 is 21.3 Å². The number of phosphoric acid groups is 2. The maximum Gasteiger partial charge on any atom is 0.481 e. The van der Waals surface area contributed by atoms with Crippen LogP contribution < -0.4 is 11.2 Å². The Bertz CT molecular complexity index is 1240. The summed E-state index contributed by atoms with van der Waals surface area (Å²) in [6, 6.07) is 6.78. The summed E-state index contributed by atoms with van der Waals surface area (Å²) < 4.78 is 51.0. The SMILES string of the molecule is O=c1ccn([C@@H]2O[C@H](COP(=O)(O)OP(=O)(O)O)[C@H](O)[C@@H]2O)c(=O)n1CCc1ccccc1F. The standard InChI is InChI=1S/C17H21FN2O12P2/c18-11-4-2-1-3-10(11)5-7-19-13(21)6-8-20(17(19)24)16-15(23)14(22)12(31-16)9-30-34(28,29)32-33(25,26)27/h1-4,6,8,12,14-16,22-23H,5,7,9H2,(H,28,29)(H2,25,26,27)/t12-,14+,15+,16-/m1/s1. The fourth-order valence-corrected chi connectivity index (χ4v) is 4.89. The molecule has 0 radical (unpaired) electrons. The van der Waals surface area contributed by atoms with E-state index in [9.17, 15) is 38.2 Å². The molecular weight excluding hydrogens is 505 g/mol. The van der Waals surface area contributed by atoms with Crippen LogP contribution in [0.5, 0.6) is 0 Å². The first-order chi connectivity index (χ1) is 15.8. The highest BCUT2D eigenvalue weighted by Crippen LogP contribution is 2.57. The minimum atomic E-state index is -5.38. The van der Waals surface area contributed by atoms with Gasteiger partial charge in [0.1, 0.15) is 24.1 Å². The molecule has 0 spiro atoms. The molecule has 0 bridgehead atoms. The molecule has 2 heterocycles. The van der Waals surface area contributed by atoms with E-state index in [1.165, 1.54) is 18.2 Å². The Morgan fingerprint density at radius 3 is 2.38 bits per heavy atom. The van der Waals surface area contributed by atoms with Gasteiger partial charge in [-0.3, -0.25) is 18.5 Å². The molecule has 2 aromatic rings. The minimum absolute atomic E-state index is 0.00432. The van der Waals surface area contributed by atoms with E-state index in [1.54, 1.807) is 6.07 Å². The number of aliphatic hydroxyl groups excluding tert-OH is 2. The van der Waals surface area contributed by atoms with Crippen LogP contribution in [0.3, 0.4) is 0 Å². The van der Waals surface area contributed by atoms with E-state index in [-0.39, 0.29) is 18.5 Å². The molecule has 188 valence electrons. The summed E-state index contributed by atoms with van der Waals surface area (Å²) >= 11 is 0. The van der Waals surface area contributed by atoms with Gasteiger partial charge in [0.2, 0.25) is 0 Å². The summed E-state index contributed by atoms with van der Waals surface area (Å²) in [5.41, 5.74) is -1.39. The van der Waals surface area contributed by atoms with Gasteiger partial charge in [0.05, 0.1) is 6.61 Å². The Kier molecular flexibility index (Phi) is 8.05. The number of aryl methyl sites for hydroxylation is 1. The van der Waals surface area contributed by atoms with Crippen LogP contribution in [0.25, 0.3) is 0 Å². The van der Waals surface area contributed by atoms with Crippen molar-refractivity contribution in [2.75, 3.05) is 6.61 Å². The van der Waals surface area contributed by atoms with Gasteiger partial charge in [0, 0.05) is 18.8 Å². The first-order valence-electron chi connectivity index (χ1n) is 9.60. The van der Waals surface area contributed by atoms with Gasteiger partial charge in [-0.1, -0.05) is 18.2 Å². The zero-order chi connectivity index (χ0) is 25.3. The van der Waals surface area contributed by atoms with E-state index in [4.69, 9.17) is 14.5 Å². The first kappa shape index (κ1) is 26.6. The lowest BCUT2D eigenvalue weighted by atomic mass is 10.1. The Morgan fingerprint density at radius 2 is 1.74 bits per heavy atom. The van der Waals surface area contributed by atoms with E-state index in [0.717, 1.165) is 21.4 Å². The highest BCUT2D eigenvalue weighted by molar-refractivity contribution is 7.60. The average molecular weight is 526 g/mol. The topological polar surface area (TPSA) is 207 Å². The smallest absolute Gasteiger partial charge is 0.387 e. The largest absolute Gasteiger partial charge is 0.481 e. The van der Waals surface area contributed by atoms with E-state index >= 15 is 0 Å². The Labute approximate surface area is 190 Å². The molecule has 1 saturated heterocycles. The van der Waals surface area contributed by atoms with Crippen LogP contribution in [0.2, 0.25) is 0 Å². The molecule has 1 aliphatic rings. The molecule has 1 aromatic heterocycles. The summed E-state index contributed by atoms with van der Waals surface area (Å²) in [4.78, 5) is 51.6. The monoisotopic (exact) mass is 526 g/mol. The lowest BCUT2D eigenvalue weighted by Crippen LogP contribution is -2.43. The third-order valence-corrected chi connectivity index (χ3v) is 7.03. The molecular formula is C17H21FN2O12P2. The van der Waals surface area contributed by atoms with Crippen molar-refractivity contribution in [2.45, 2.75) is 37.5 Å². The number of aliphatic hydroxyl groups is 2. The van der Waals surface area contributed by atoms with Crippen molar-refractivity contribution in [3.05, 3.63) is 68.7 Å². The van der Waals surface area contributed by atoms with Crippen LogP contribution in [0.1, 0.15) is 11.8 Å². The lowest BCUT2D eigenvalue weighted by molar-refractivity contribution is -0.0548. The number of rotatable bonds is 9. The summed E-state index contributed by atoms with van der Waals surface area (Å²) in [5, 5.41) is 20.5. The number of nitrogens with zero attached hydrogens (tertiary/aromatic N) is 2. The van der Waals surface area contributed by atoms with Gasteiger partial charge < -0.3 is 29.6 Å². The van der Waals surface area contributed by atoms with Gasteiger partial charge in [-0.25, -0.2) is 18.3 Å². The van der Waals surface area contributed by atoms with Crippen molar-refractivity contribution in [1.29, 1.82) is 0 Å². The fourth-order valence-electron chi connectivity index (χ4n) is 3.29. The zero-order valence-corrected chi connectivity index (χ0v) is 18.9. The fraction of sp³-hybridized carbons (Fsp3) is 0.412. The highest BCUT2D eigenvalue weighted by atomic mass is 31.3. The molecule has 34 heavy (non-hydrogen) atoms. The molecule has 17 heteroatoms. The van der Waals surface area contributed by atoms with E-state index in [1.807, 2.05) is 0 Å². The summed E-state index contributed by atoms with van der Waals surface area (Å²) in [6.07, 6.45) is -5.59. The van der Waals surface area contributed by atoms with Crippen molar-refractivity contribution in [3.63, 3.8) is 0 Å². The molecule has 3 rings (SSSR count). The third kappa shape index (κ3) is 6.34. The molecule has 1 unspecified atom stereocenters. The molecule has 0 amide bonds. The van der Waals surface area contributed by atoms with Crippen LogP contribution in [-0.4, -0.2) is 58.9 Å². The molecule has 5 atom stereocenters. The Hall–Kier alpha value is -2.03. The van der Waals surface area contributed by atoms with Crippen molar-refractivity contribution >= 4 is 15.6 Å². The van der Waals surface area contributed by atoms with Crippen molar-refractivity contribution < 1.29 is 52.0 Å². The van der Waals surface area contributed by atoms with E-state index in [0.29, 0.717) is 0 Å². The number of halogens is 1. The normalized spacial score (nSPS) is 24.8. The third-order valence-electron chi connectivity index (χ3n) is 4.88. The number of aromatic nitrogens is 2. The van der Waals surface area contributed by atoms with Crippen LogP contribution >= 0.6 is 15.6 Å². The van der Waals surface area contributed by atoms with Gasteiger partial charge in [-0.2, -0.15) is 4.31 Å². The number of hydrogen-bond acceptors (Lipinski definition) is 9. The van der Waals surface area contributed by atoms with Crippen LogP contribution in [0, 0.1) is 5.82 Å². The molecule has 14 nitrogen and oxygen atoms in total. The average Bonchev–Trinajstić information content (AvgIpc) is 3.00. The maximum absolute atomic E-state index is 13.8. The van der Waals surface area contributed by atoms with Crippen molar-refractivity contribution in [2.24, 2.45) is 0 Å². The zero-order valence-electron chi connectivity index (χ0n) is 17.2. The second kappa shape index (κ2) is 10.3. The number of ether oxygens (including phenoxy) is 1.